The highest BCUT2D eigenvalue weighted by molar-refractivity contribution is 6.06. The number of nitrogen functional groups attached to an aromatic ring is 1. The zero-order valence-corrected chi connectivity index (χ0v) is 22.7. The number of hydrogen-bond donors (Lipinski definition) is 2. The van der Waals surface area contributed by atoms with Gasteiger partial charge < -0.3 is 20.9 Å². The normalized spacial score (nSPS) is 16.6. The van der Waals surface area contributed by atoms with Crippen molar-refractivity contribution in [1.29, 1.82) is 5.26 Å². The van der Waals surface area contributed by atoms with Gasteiger partial charge >= 0.3 is 0 Å². The molecule has 3 aromatic rings. The monoisotopic (exact) mass is 512 g/mol. The Balaban J connectivity index is 0.00000195. The first kappa shape index (κ1) is 28.2. The lowest BCUT2D eigenvalue weighted by Gasteiger charge is -2.45. The van der Waals surface area contributed by atoms with Gasteiger partial charge in [-0.3, -0.25) is 9.59 Å². The molecule has 4 rings (SSSR count). The number of anilines is 3. The zero-order chi connectivity index (χ0) is 27.8. The lowest BCUT2D eigenvalue weighted by atomic mass is 10.0. The smallest absolute Gasteiger partial charge is 0.257 e. The van der Waals surface area contributed by atoms with Crippen molar-refractivity contribution in [2.24, 2.45) is 0 Å². The van der Waals surface area contributed by atoms with E-state index in [0.29, 0.717) is 42.0 Å². The van der Waals surface area contributed by atoms with E-state index in [1.807, 2.05) is 56.0 Å². The van der Waals surface area contributed by atoms with Crippen LogP contribution in [0.2, 0.25) is 0 Å². The molecule has 38 heavy (non-hydrogen) atoms. The topological polar surface area (TPSA) is 115 Å². The number of pyridine rings is 1. The van der Waals surface area contributed by atoms with E-state index in [2.05, 4.69) is 35.1 Å². The summed E-state index contributed by atoms with van der Waals surface area (Å²) in [5.74, 6) is 0.631. The molecule has 2 unspecified atom stereocenters. The summed E-state index contributed by atoms with van der Waals surface area (Å²) in [5, 5.41) is 11.9. The maximum Gasteiger partial charge on any atom is 0.257 e. The van der Waals surface area contributed by atoms with Gasteiger partial charge in [-0.1, -0.05) is 45.0 Å². The summed E-state index contributed by atoms with van der Waals surface area (Å²) in [5.41, 5.74) is 9.94. The molecule has 1 fully saturated rings. The highest BCUT2D eigenvalue weighted by Crippen LogP contribution is 2.32. The van der Waals surface area contributed by atoms with E-state index in [4.69, 9.17) is 11.0 Å². The fourth-order valence-electron chi connectivity index (χ4n) is 4.74. The van der Waals surface area contributed by atoms with Crippen LogP contribution < -0.4 is 16.0 Å². The van der Waals surface area contributed by atoms with Crippen LogP contribution in [0.25, 0.3) is 11.1 Å². The summed E-state index contributed by atoms with van der Waals surface area (Å²) in [4.78, 5) is 33.9. The van der Waals surface area contributed by atoms with Crippen LogP contribution in [-0.4, -0.2) is 46.9 Å². The molecule has 2 aromatic carbocycles. The van der Waals surface area contributed by atoms with E-state index >= 15 is 0 Å². The SMILES string of the molecule is CC.CCC(=O)N1C(C)CN(c2ccc(C(=O)Nc3cccc(-c4ccc(C#N)cc4)c3N)cn2)CC1C. The molecule has 0 saturated carbocycles. The van der Waals surface area contributed by atoms with Gasteiger partial charge in [0.25, 0.3) is 5.91 Å². The van der Waals surface area contributed by atoms with Gasteiger partial charge in [-0.25, -0.2) is 4.98 Å². The first-order chi connectivity index (χ1) is 18.3. The molecule has 3 N–H and O–H groups in total. The summed E-state index contributed by atoms with van der Waals surface area (Å²) < 4.78 is 0. The van der Waals surface area contributed by atoms with Gasteiger partial charge in [0.2, 0.25) is 5.91 Å². The number of amides is 2. The standard InChI is InChI=1S/C28H30N6O2.C2H6/c1-4-26(35)34-18(2)16-33(17-19(34)3)25-13-12-22(15-31-25)28(36)32-24-7-5-6-23(27(24)30)21-10-8-20(14-29)9-11-21;1-2/h5-13,15,18-19H,4,16-17,30H2,1-3H3,(H,32,36);1-2H3. The predicted octanol–water partition coefficient (Wildman–Crippen LogP) is 5.32. The third-order valence-electron chi connectivity index (χ3n) is 6.52. The Hall–Kier alpha value is -4.38. The Morgan fingerprint density at radius 3 is 2.26 bits per heavy atom. The maximum absolute atomic E-state index is 12.9. The number of piperazine rings is 1. The van der Waals surface area contributed by atoms with Crippen LogP contribution in [0.1, 0.15) is 57.0 Å². The Bertz CT molecular complexity index is 1290. The lowest BCUT2D eigenvalue weighted by Crippen LogP contribution is -2.58. The van der Waals surface area contributed by atoms with Crippen molar-refractivity contribution < 1.29 is 9.59 Å². The molecule has 1 aliphatic rings. The van der Waals surface area contributed by atoms with Crippen LogP contribution in [-0.2, 0) is 4.79 Å². The second-order valence-corrected chi connectivity index (χ2v) is 9.07. The Morgan fingerprint density at radius 1 is 1.05 bits per heavy atom. The molecule has 0 spiro atoms. The van der Waals surface area contributed by atoms with E-state index in [0.717, 1.165) is 16.9 Å². The van der Waals surface area contributed by atoms with Crippen molar-refractivity contribution in [2.75, 3.05) is 29.0 Å². The number of nitriles is 1. The molecule has 8 heteroatoms. The number of nitrogens with zero attached hydrogens (tertiary/aromatic N) is 4. The fourth-order valence-corrected chi connectivity index (χ4v) is 4.74. The van der Waals surface area contributed by atoms with Crippen LogP contribution in [0.5, 0.6) is 0 Å². The highest BCUT2D eigenvalue weighted by Gasteiger charge is 2.32. The molecule has 1 aliphatic heterocycles. The van der Waals surface area contributed by atoms with Gasteiger partial charge in [0, 0.05) is 43.4 Å². The number of nitrogens with one attached hydrogen (secondary N) is 1. The summed E-state index contributed by atoms with van der Waals surface area (Å²) in [7, 11) is 0. The maximum atomic E-state index is 12.9. The molecule has 1 saturated heterocycles. The van der Waals surface area contributed by atoms with Crippen molar-refractivity contribution in [3.63, 3.8) is 0 Å². The van der Waals surface area contributed by atoms with Crippen molar-refractivity contribution in [3.05, 3.63) is 71.9 Å². The second-order valence-electron chi connectivity index (χ2n) is 9.07. The van der Waals surface area contributed by atoms with E-state index in [1.54, 1.807) is 30.5 Å². The first-order valence-electron chi connectivity index (χ1n) is 13.0. The predicted molar refractivity (Wildman–Crippen MR) is 153 cm³/mol. The van der Waals surface area contributed by atoms with Crippen LogP contribution in [0.15, 0.2) is 60.8 Å². The molecule has 2 amide bonds. The molecular weight excluding hydrogens is 476 g/mol. The average molecular weight is 513 g/mol. The fraction of sp³-hybridized carbons (Fsp3) is 0.333. The van der Waals surface area contributed by atoms with E-state index < -0.39 is 0 Å². The van der Waals surface area contributed by atoms with Crippen molar-refractivity contribution in [1.82, 2.24) is 9.88 Å². The van der Waals surface area contributed by atoms with Crippen LogP contribution in [0, 0.1) is 11.3 Å². The highest BCUT2D eigenvalue weighted by atomic mass is 16.2. The second kappa shape index (κ2) is 12.7. The molecule has 0 bridgehead atoms. The van der Waals surface area contributed by atoms with Gasteiger partial charge in [0.05, 0.1) is 28.6 Å². The number of carbonyl (C=O) groups is 2. The van der Waals surface area contributed by atoms with Crippen LogP contribution >= 0.6 is 0 Å². The minimum atomic E-state index is -0.308. The minimum absolute atomic E-state index is 0.0809. The summed E-state index contributed by atoms with van der Waals surface area (Å²) in [6.45, 7) is 11.4. The Labute approximate surface area is 225 Å². The van der Waals surface area contributed by atoms with E-state index in [9.17, 15) is 9.59 Å². The summed E-state index contributed by atoms with van der Waals surface area (Å²) in [6, 6.07) is 18.4. The van der Waals surface area contributed by atoms with Crippen LogP contribution in [0.4, 0.5) is 17.2 Å². The zero-order valence-electron chi connectivity index (χ0n) is 22.7. The number of rotatable bonds is 5. The van der Waals surface area contributed by atoms with Gasteiger partial charge in [0.1, 0.15) is 5.82 Å². The number of benzene rings is 2. The average Bonchev–Trinajstić information content (AvgIpc) is 2.95. The van der Waals surface area contributed by atoms with Gasteiger partial charge in [-0.05, 0) is 49.7 Å². The molecule has 198 valence electrons. The molecule has 2 atom stereocenters. The third-order valence-corrected chi connectivity index (χ3v) is 6.52. The van der Waals surface area contributed by atoms with Gasteiger partial charge in [0.15, 0.2) is 0 Å². The van der Waals surface area contributed by atoms with Crippen molar-refractivity contribution in [3.8, 4) is 17.2 Å². The molecule has 8 nitrogen and oxygen atoms in total. The number of nitrogens with two attached hydrogens (primary N) is 1. The first-order valence-corrected chi connectivity index (χ1v) is 13.0. The van der Waals surface area contributed by atoms with E-state index in [1.165, 1.54) is 0 Å². The van der Waals surface area contributed by atoms with Gasteiger partial charge in [-0.2, -0.15) is 5.26 Å². The molecule has 2 heterocycles. The van der Waals surface area contributed by atoms with Gasteiger partial charge in [-0.15, -0.1) is 0 Å². The number of para-hydroxylation sites is 1. The minimum Gasteiger partial charge on any atom is -0.397 e. The molecule has 0 aliphatic carbocycles. The largest absolute Gasteiger partial charge is 0.397 e. The Kier molecular flexibility index (Phi) is 9.44. The van der Waals surface area contributed by atoms with Crippen molar-refractivity contribution in [2.45, 2.75) is 53.1 Å². The molecule has 0 radical (unpaired) electrons. The molecular formula is C30H36N6O2. The number of carbonyl (C=O) groups excluding carboxylic acids is 2. The van der Waals surface area contributed by atoms with Crippen LogP contribution in [0.3, 0.4) is 0 Å². The summed E-state index contributed by atoms with van der Waals surface area (Å²) >= 11 is 0. The quantitative estimate of drug-likeness (QED) is 0.447. The number of aromatic nitrogens is 1. The third kappa shape index (κ3) is 6.12. The number of hydrogen-bond acceptors (Lipinski definition) is 6. The Morgan fingerprint density at radius 2 is 1.71 bits per heavy atom. The van der Waals surface area contributed by atoms with Crippen molar-refractivity contribution >= 4 is 29.0 Å². The molecule has 1 aromatic heterocycles. The van der Waals surface area contributed by atoms with E-state index in [-0.39, 0.29) is 23.9 Å². The summed E-state index contributed by atoms with van der Waals surface area (Å²) in [6.07, 6.45) is 2.06. The lowest BCUT2D eigenvalue weighted by molar-refractivity contribution is -0.135.